The lowest BCUT2D eigenvalue weighted by atomic mass is 9.95. The Morgan fingerprint density at radius 3 is 2.94 bits per heavy atom. The van der Waals surface area contributed by atoms with Gasteiger partial charge in [-0.25, -0.2) is 0 Å². The van der Waals surface area contributed by atoms with Gasteiger partial charge in [0.2, 0.25) is 0 Å². The van der Waals surface area contributed by atoms with Crippen LogP contribution >= 0.6 is 11.8 Å². The molecule has 1 fully saturated rings. The summed E-state index contributed by atoms with van der Waals surface area (Å²) < 4.78 is 0. The van der Waals surface area contributed by atoms with Crippen LogP contribution in [0, 0.1) is 0 Å². The van der Waals surface area contributed by atoms with Gasteiger partial charge in [0, 0.05) is 11.3 Å². The molecule has 98 valence electrons. The Morgan fingerprint density at radius 2 is 2.28 bits per heavy atom. The van der Waals surface area contributed by atoms with Gasteiger partial charge in [0.15, 0.2) is 5.69 Å². The van der Waals surface area contributed by atoms with Crippen molar-refractivity contribution in [2.75, 3.05) is 12.0 Å². The highest BCUT2D eigenvalue weighted by molar-refractivity contribution is 7.99. The topological polar surface area (TPSA) is 80.9 Å². The van der Waals surface area contributed by atoms with Gasteiger partial charge in [-0.05, 0) is 37.7 Å². The summed E-state index contributed by atoms with van der Waals surface area (Å²) in [5.74, 6) is 0.168. The van der Waals surface area contributed by atoms with Crippen LogP contribution in [0.1, 0.15) is 36.2 Å². The first-order chi connectivity index (χ1) is 8.69. The molecular formula is C12H18N4OS. The second kappa shape index (κ2) is 6.04. The van der Waals surface area contributed by atoms with E-state index < -0.39 is 0 Å². The second-order valence-corrected chi connectivity index (χ2v) is 5.68. The highest BCUT2D eigenvalue weighted by atomic mass is 32.2. The first-order valence-electron chi connectivity index (χ1n) is 6.12. The van der Waals surface area contributed by atoms with Crippen molar-refractivity contribution in [1.82, 2.24) is 15.5 Å². The molecule has 1 aliphatic rings. The third-order valence-electron chi connectivity index (χ3n) is 3.21. The largest absolute Gasteiger partial charge is 0.382 e. The predicted molar refractivity (Wildman–Crippen MR) is 73.5 cm³/mol. The molecule has 1 aromatic rings. The van der Waals surface area contributed by atoms with Crippen LogP contribution in [0.5, 0.6) is 0 Å². The average Bonchev–Trinajstić information content (AvgIpc) is 2.39. The summed E-state index contributed by atoms with van der Waals surface area (Å²) in [6.45, 7) is 0. The molecule has 5 nitrogen and oxygen atoms in total. The molecule has 1 aliphatic carbocycles. The van der Waals surface area contributed by atoms with Gasteiger partial charge in [0.05, 0.1) is 0 Å². The third kappa shape index (κ3) is 3.35. The number of hydrogen-bond donors (Lipinski definition) is 2. The van der Waals surface area contributed by atoms with Crippen molar-refractivity contribution in [2.45, 2.75) is 37.0 Å². The Morgan fingerprint density at radius 1 is 1.44 bits per heavy atom. The fraction of sp³-hybridized carbons (Fsp3) is 0.583. The molecule has 1 amide bonds. The molecule has 0 spiro atoms. The zero-order chi connectivity index (χ0) is 13.0. The standard InChI is InChI=1S/C12H18N4OS/c1-18-9-4-2-3-8(7-9)14-12(17)10-5-6-11(13)16-15-10/h5-6,8-9H,2-4,7H2,1H3,(H2,13,16)(H,14,17). The van der Waals surface area contributed by atoms with E-state index in [9.17, 15) is 4.79 Å². The molecule has 18 heavy (non-hydrogen) atoms. The van der Waals surface area contributed by atoms with Crippen molar-refractivity contribution in [3.63, 3.8) is 0 Å². The minimum Gasteiger partial charge on any atom is -0.382 e. The number of nitrogen functional groups attached to an aromatic ring is 1. The first-order valence-corrected chi connectivity index (χ1v) is 7.40. The number of nitrogens with two attached hydrogens (primary N) is 1. The summed E-state index contributed by atoms with van der Waals surface area (Å²) in [5.41, 5.74) is 5.77. The fourth-order valence-corrected chi connectivity index (χ4v) is 3.04. The zero-order valence-corrected chi connectivity index (χ0v) is 11.2. The highest BCUT2D eigenvalue weighted by Crippen LogP contribution is 2.26. The molecule has 0 aliphatic heterocycles. The van der Waals surface area contributed by atoms with Gasteiger partial charge in [-0.1, -0.05) is 6.42 Å². The van der Waals surface area contributed by atoms with Crippen LogP contribution in [0.2, 0.25) is 0 Å². The second-order valence-electron chi connectivity index (χ2n) is 4.54. The van der Waals surface area contributed by atoms with E-state index in [0.717, 1.165) is 12.8 Å². The summed E-state index contributed by atoms with van der Waals surface area (Å²) in [4.78, 5) is 12.0. The number of carbonyl (C=O) groups is 1. The van der Waals surface area contributed by atoms with Crippen molar-refractivity contribution in [3.05, 3.63) is 17.8 Å². The van der Waals surface area contributed by atoms with E-state index in [4.69, 9.17) is 5.73 Å². The van der Waals surface area contributed by atoms with Gasteiger partial charge in [-0.15, -0.1) is 10.2 Å². The summed E-state index contributed by atoms with van der Waals surface area (Å²) >= 11 is 1.88. The molecular weight excluding hydrogens is 248 g/mol. The molecule has 0 aromatic carbocycles. The maximum atomic E-state index is 12.0. The van der Waals surface area contributed by atoms with Gasteiger partial charge < -0.3 is 11.1 Å². The number of hydrogen-bond acceptors (Lipinski definition) is 5. The zero-order valence-electron chi connectivity index (χ0n) is 10.4. The van der Waals surface area contributed by atoms with Crippen molar-refractivity contribution < 1.29 is 4.79 Å². The lowest BCUT2D eigenvalue weighted by molar-refractivity contribution is 0.0922. The predicted octanol–water partition coefficient (Wildman–Crippen LogP) is 1.46. The summed E-state index contributed by atoms with van der Waals surface area (Å²) in [7, 11) is 0. The molecule has 1 heterocycles. The van der Waals surface area contributed by atoms with Crippen molar-refractivity contribution in [2.24, 2.45) is 0 Å². The molecule has 2 rings (SSSR count). The van der Waals surface area contributed by atoms with Gasteiger partial charge in [-0.2, -0.15) is 11.8 Å². The van der Waals surface area contributed by atoms with Crippen molar-refractivity contribution >= 4 is 23.5 Å². The molecule has 6 heteroatoms. The Labute approximate surface area is 111 Å². The summed E-state index contributed by atoms with van der Waals surface area (Å²) in [6, 6.07) is 3.45. The van der Waals surface area contributed by atoms with E-state index in [1.165, 1.54) is 12.8 Å². The average molecular weight is 266 g/mol. The fourth-order valence-electron chi connectivity index (χ4n) is 2.21. The minimum absolute atomic E-state index is 0.158. The van der Waals surface area contributed by atoms with Crippen molar-refractivity contribution in [1.29, 1.82) is 0 Å². The number of carbonyl (C=O) groups excluding carboxylic acids is 1. The highest BCUT2D eigenvalue weighted by Gasteiger charge is 2.23. The molecule has 0 bridgehead atoms. The van der Waals surface area contributed by atoms with Gasteiger partial charge in [0.1, 0.15) is 5.82 Å². The molecule has 1 saturated carbocycles. The van der Waals surface area contributed by atoms with Gasteiger partial charge >= 0.3 is 0 Å². The monoisotopic (exact) mass is 266 g/mol. The number of aromatic nitrogens is 2. The Bertz CT molecular complexity index is 409. The molecule has 2 unspecified atom stereocenters. The lowest BCUT2D eigenvalue weighted by Crippen LogP contribution is -2.39. The van der Waals surface area contributed by atoms with Crippen LogP contribution < -0.4 is 11.1 Å². The Hall–Kier alpha value is -1.30. The minimum atomic E-state index is -0.158. The van der Waals surface area contributed by atoms with Gasteiger partial charge in [-0.3, -0.25) is 4.79 Å². The lowest BCUT2D eigenvalue weighted by Gasteiger charge is -2.28. The molecule has 1 aromatic heterocycles. The third-order valence-corrected chi connectivity index (χ3v) is 4.31. The van der Waals surface area contributed by atoms with Crippen LogP contribution in [0.4, 0.5) is 5.82 Å². The van der Waals surface area contributed by atoms with Crippen LogP contribution in [0.25, 0.3) is 0 Å². The van der Waals surface area contributed by atoms with Crippen LogP contribution in [-0.4, -0.2) is 33.7 Å². The van der Waals surface area contributed by atoms with E-state index in [1.807, 2.05) is 11.8 Å². The SMILES string of the molecule is CSC1CCCC(NC(=O)c2ccc(N)nn2)C1. The van der Waals surface area contributed by atoms with Crippen LogP contribution in [-0.2, 0) is 0 Å². The van der Waals surface area contributed by atoms with E-state index in [-0.39, 0.29) is 11.9 Å². The van der Waals surface area contributed by atoms with E-state index in [2.05, 4.69) is 21.8 Å². The molecule has 3 N–H and O–H groups in total. The quantitative estimate of drug-likeness (QED) is 0.865. The van der Waals surface area contributed by atoms with E-state index in [0.29, 0.717) is 16.8 Å². The molecule has 0 radical (unpaired) electrons. The van der Waals surface area contributed by atoms with Crippen LogP contribution in [0.15, 0.2) is 12.1 Å². The van der Waals surface area contributed by atoms with E-state index in [1.54, 1.807) is 12.1 Å². The molecule has 2 atom stereocenters. The molecule has 0 saturated heterocycles. The normalized spacial score (nSPS) is 23.6. The maximum absolute atomic E-state index is 12.0. The number of nitrogens with zero attached hydrogens (tertiary/aromatic N) is 2. The van der Waals surface area contributed by atoms with Gasteiger partial charge in [0.25, 0.3) is 5.91 Å². The number of rotatable bonds is 3. The van der Waals surface area contributed by atoms with Crippen LogP contribution in [0.3, 0.4) is 0 Å². The Kier molecular flexibility index (Phi) is 4.41. The van der Waals surface area contributed by atoms with E-state index >= 15 is 0 Å². The van der Waals surface area contributed by atoms with Crippen molar-refractivity contribution in [3.8, 4) is 0 Å². The first kappa shape index (κ1) is 13.1. The smallest absolute Gasteiger partial charge is 0.272 e. The summed E-state index contributed by atoms with van der Waals surface area (Å²) in [6.07, 6.45) is 6.62. The number of anilines is 1. The maximum Gasteiger partial charge on any atom is 0.272 e. The number of nitrogens with one attached hydrogen (secondary N) is 1. The summed E-state index contributed by atoms with van der Waals surface area (Å²) in [5, 5.41) is 11.2. The Balaban J connectivity index is 1.92. The number of amides is 1. The number of thioether (sulfide) groups is 1.